The number of hydrogen-bond acceptors (Lipinski definition) is 3. The molecule has 4 rings (SSSR count). The molecule has 0 bridgehead atoms. The molecule has 1 unspecified atom stereocenters. The number of halogens is 1. The molecule has 1 fully saturated rings. The van der Waals surface area contributed by atoms with E-state index in [0.29, 0.717) is 19.8 Å². The number of nitrogens with one attached hydrogen (secondary N) is 2. The summed E-state index contributed by atoms with van der Waals surface area (Å²) in [5.74, 6) is -0.267. The Morgan fingerprint density at radius 3 is 2.52 bits per heavy atom. The van der Waals surface area contributed by atoms with E-state index >= 15 is 0 Å². The molecule has 2 amide bonds. The van der Waals surface area contributed by atoms with Gasteiger partial charge in [-0.3, -0.25) is 4.90 Å². The Morgan fingerprint density at radius 2 is 1.72 bits per heavy atom. The van der Waals surface area contributed by atoms with Gasteiger partial charge in [-0.15, -0.1) is 0 Å². The van der Waals surface area contributed by atoms with Crippen LogP contribution in [0.15, 0.2) is 66.7 Å². The molecule has 150 valence electrons. The third kappa shape index (κ3) is 4.72. The molecule has 1 aliphatic heterocycles. The number of nitrogens with zero attached hydrogens (tertiary/aromatic N) is 1. The molecule has 6 heteroatoms. The molecule has 0 radical (unpaired) electrons. The fraction of sp³-hybridized carbons (Fsp3) is 0.261. The molecular formula is C23H24FN3O2. The van der Waals surface area contributed by atoms with Crippen molar-refractivity contribution in [3.63, 3.8) is 0 Å². The number of amides is 2. The zero-order valence-corrected chi connectivity index (χ0v) is 16.1. The average Bonchev–Trinajstić information content (AvgIpc) is 2.76. The van der Waals surface area contributed by atoms with E-state index < -0.39 is 0 Å². The summed E-state index contributed by atoms with van der Waals surface area (Å²) in [5.41, 5.74) is 1.74. The summed E-state index contributed by atoms with van der Waals surface area (Å²) >= 11 is 0. The maximum absolute atomic E-state index is 13.4. The van der Waals surface area contributed by atoms with Crippen molar-refractivity contribution < 1.29 is 13.9 Å². The van der Waals surface area contributed by atoms with E-state index in [0.717, 1.165) is 35.1 Å². The smallest absolute Gasteiger partial charge is 0.319 e. The molecule has 5 nitrogen and oxygen atoms in total. The first-order chi connectivity index (χ1) is 14.2. The van der Waals surface area contributed by atoms with Gasteiger partial charge in [0.1, 0.15) is 5.82 Å². The van der Waals surface area contributed by atoms with Crippen molar-refractivity contribution in [2.75, 3.05) is 38.2 Å². The molecule has 1 atom stereocenters. The molecule has 2 N–H and O–H groups in total. The molecule has 1 heterocycles. The number of carbonyl (C=O) groups is 1. The summed E-state index contributed by atoms with van der Waals surface area (Å²) in [6.07, 6.45) is 0. The largest absolute Gasteiger partial charge is 0.379 e. The lowest BCUT2D eigenvalue weighted by atomic mass is 10.0. The van der Waals surface area contributed by atoms with E-state index in [1.807, 2.05) is 42.5 Å². The first-order valence-corrected chi connectivity index (χ1v) is 9.80. The first-order valence-electron chi connectivity index (χ1n) is 9.80. The van der Waals surface area contributed by atoms with Crippen LogP contribution in [0, 0.1) is 5.82 Å². The van der Waals surface area contributed by atoms with Crippen LogP contribution in [0.4, 0.5) is 14.9 Å². The summed E-state index contributed by atoms with van der Waals surface area (Å²) in [4.78, 5) is 14.9. The summed E-state index contributed by atoms with van der Waals surface area (Å²) in [6, 6.07) is 19.9. The molecule has 0 saturated carbocycles. The van der Waals surface area contributed by atoms with Gasteiger partial charge in [0, 0.05) is 25.0 Å². The van der Waals surface area contributed by atoms with E-state index in [2.05, 4.69) is 15.5 Å². The Labute approximate surface area is 169 Å². The van der Waals surface area contributed by atoms with Crippen LogP contribution in [-0.2, 0) is 4.74 Å². The van der Waals surface area contributed by atoms with Gasteiger partial charge in [-0.1, -0.05) is 48.5 Å². The third-order valence-corrected chi connectivity index (χ3v) is 5.24. The highest BCUT2D eigenvalue weighted by molar-refractivity contribution is 6.01. The minimum Gasteiger partial charge on any atom is -0.379 e. The summed E-state index contributed by atoms with van der Waals surface area (Å²) in [5, 5.41) is 8.00. The Bertz CT molecular complexity index is 966. The van der Waals surface area contributed by atoms with Crippen LogP contribution in [0.3, 0.4) is 0 Å². The molecule has 0 spiro atoms. The van der Waals surface area contributed by atoms with E-state index in [9.17, 15) is 9.18 Å². The second-order valence-electron chi connectivity index (χ2n) is 7.08. The van der Waals surface area contributed by atoms with Gasteiger partial charge in [-0.2, -0.15) is 0 Å². The minimum absolute atomic E-state index is 0.0437. The number of urea groups is 1. The maximum Gasteiger partial charge on any atom is 0.319 e. The standard InChI is InChI=1S/C23H24FN3O2/c24-19-10-8-18(9-11-19)22(27-12-14-29-15-13-27)16-25-23(28)26-21-7-3-5-17-4-1-2-6-20(17)21/h1-11,22H,12-16H2,(H2,25,26,28). The molecule has 3 aromatic rings. The van der Waals surface area contributed by atoms with Crippen molar-refractivity contribution in [3.8, 4) is 0 Å². The van der Waals surface area contributed by atoms with Gasteiger partial charge < -0.3 is 15.4 Å². The Hall–Kier alpha value is -2.96. The number of carbonyl (C=O) groups excluding carboxylic acids is 1. The number of fused-ring (bicyclic) bond motifs is 1. The second kappa shape index (κ2) is 9.03. The number of benzene rings is 3. The zero-order valence-electron chi connectivity index (χ0n) is 16.1. The van der Waals surface area contributed by atoms with Crippen LogP contribution < -0.4 is 10.6 Å². The fourth-order valence-electron chi connectivity index (χ4n) is 3.72. The minimum atomic E-state index is -0.267. The lowest BCUT2D eigenvalue weighted by molar-refractivity contribution is 0.0167. The quantitative estimate of drug-likeness (QED) is 0.684. The van der Waals surface area contributed by atoms with Gasteiger partial charge in [-0.05, 0) is 29.1 Å². The average molecular weight is 393 g/mol. The third-order valence-electron chi connectivity index (χ3n) is 5.24. The summed E-state index contributed by atoms with van der Waals surface area (Å²) < 4.78 is 18.8. The monoisotopic (exact) mass is 393 g/mol. The van der Waals surface area contributed by atoms with Crippen LogP contribution >= 0.6 is 0 Å². The topological polar surface area (TPSA) is 53.6 Å². The van der Waals surface area contributed by atoms with Crippen molar-refractivity contribution in [3.05, 3.63) is 78.1 Å². The molecule has 1 saturated heterocycles. The number of ether oxygens (including phenoxy) is 1. The number of rotatable bonds is 5. The van der Waals surface area contributed by atoms with Crippen LogP contribution in [0.2, 0.25) is 0 Å². The van der Waals surface area contributed by atoms with Crippen molar-refractivity contribution in [2.24, 2.45) is 0 Å². The SMILES string of the molecule is O=C(NCC(c1ccc(F)cc1)N1CCOCC1)Nc1cccc2ccccc12. The normalized spacial score (nSPS) is 15.8. The molecule has 3 aromatic carbocycles. The number of hydrogen-bond donors (Lipinski definition) is 2. The predicted molar refractivity (Wildman–Crippen MR) is 113 cm³/mol. The van der Waals surface area contributed by atoms with Crippen LogP contribution in [0.25, 0.3) is 10.8 Å². The first kappa shape index (κ1) is 19.4. The Balaban J connectivity index is 1.46. The summed E-state index contributed by atoms with van der Waals surface area (Å²) in [7, 11) is 0. The van der Waals surface area contributed by atoms with Crippen molar-refractivity contribution in [1.29, 1.82) is 0 Å². The van der Waals surface area contributed by atoms with E-state index in [1.54, 1.807) is 12.1 Å². The van der Waals surface area contributed by atoms with Crippen molar-refractivity contribution in [2.45, 2.75) is 6.04 Å². The van der Waals surface area contributed by atoms with Gasteiger partial charge in [0.15, 0.2) is 0 Å². The highest BCUT2D eigenvalue weighted by atomic mass is 19.1. The van der Waals surface area contributed by atoms with E-state index in [-0.39, 0.29) is 17.9 Å². The molecule has 0 aliphatic carbocycles. The zero-order chi connectivity index (χ0) is 20.1. The molecule has 0 aromatic heterocycles. The van der Waals surface area contributed by atoms with Crippen molar-refractivity contribution >= 4 is 22.5 Å². The Morgan fingerprint density at radius 1 is 1.00 bits per heavy atom. The second-order valence-corrected chi connectivity index (χ2v) is 7.08. The van der Waals surface area contributed by atoms with Crippen LogP contribution in [-0.4, -0.2) is 43.8 Å². The maximum atomic E-state index is 13.4. The summed E-state index contributed by atoms with van der Waals surface area (Å²) in [6.45, 7) is 3.27. The van der Waals surface area contributed by atoms with Gasteiger partial charge in [0.05, 0.1) is 24.9 Å². The highest BCUT2D eigenvalue weighted by Crippen LogP contribution is 2.24. The van der Waals surface area contributed by atoms with Gasteiger partial charge in [0.25, 0.3) is 0 Å². The highest BCUT2D eigenvalue weighted by Gasteiger charge is 2.23. The lowest BCUT2D eigenvalue weighted by Crippen LogP contribution is -2.44. The predicted octanol–water partition coefficient (Wildman–Crippen LogP) is 4.17. The van der Waals surface area contributed by atoms with Crippen LogP contribution in [0.5, 0.6) is 0 Å². The van der Waals surface area contributed by atoms with E-state index in [4.69, 9.17) is 4.74 Å². The van der Waals surface area contributed by atoms with E-state index in [1.165, 1.54) is 12.1 Å². The molecular weight excluding hydrogens is 369 g/mol. The number of anilines is 1. The van der Waals surface area contributed by atoms with Gasteiger partial charge >= 0.3 is 6.03 Å². The van der Waals surface area contributed by atoms with Crippen LogP contribution in [0.1, 0.15) is 11.6 Å². The van der Waals surface area contributed by atoms with Crippen molar-refractivity contribution in [1.82, 2.24) is 10.2 Å². The lowest BCUT2D eigenvalue weighted by Gasteiger charge is -2.35. The van der Waals surface area contributed by atoms with Gasteiger partial charge in [-0.25, -0.2) is 9.18 Å². The molecule has 29 heavy (non-hydrogen) atoms. The molecule has 1 aliphatic rings. The fourth-order valence-corrected chi connectivity index (χ4v) is 3.72. The number of morpholine rings is 1. The van der Waals surface area contributed by atoms with Gasteiger partial charge in [0.2, 0.25) is 0 Å². The Kier molecular flexibility index (Phi) is 6.03.